The van der Waals surface area contributed by atoms with Crippen molar-refractivity contribution in [2.45, 2.75) is 0 Å². The molecule has 1 aromatic heterocycles. The molecule has 1 aromatic rings. The second kappa shape index (κ2) is 15.4. The minimum atomic E-state index is -1.83. The summed E-state index contributed by atoms with van der Waals surface area (Å²) in [4.78, 5) is 53.8. The molecule has 0 radical (unpaired) electrons. The fraction of sp³-hybridized carbons (Fsp3) is 0.643. The second-order valence-corrected chi connectivity index (χ2v) is 10.9. The van der Waals surface area contributed by atoms with Crippen molar-refractivity contribution in [2.75, 3.05) is 128 Å². The van der Waals surface area contributed by atoms with Crippen LogP contribution in [-0.4, -0.2) is 186 Å². The van der Waals surface area contributed by atoms with E-state index >= 15 is 0 Å². The van der Waals surface area contributed by atoms with Crippen LogP contribution in [0.5, 0.6) is 0 Å². The van der Waals surface area contributed by atoms with Crippen LogP contribution in [0, 0.1) is 0 Å². The van der Waals surface area contributed by atoms with Gasteiger partial charge in [-0.15, -0.1) is 0 Å². The van der Waals surface area contributed by atoms with E-state index in [4.69, 9.17) is 20.0 Å². The molecular weight excluding hydrogens is 562 g/mol. The first kappa shape index (κ1) is 32.6. The van der Waals surface area contributed by atoms with Gasteiger partial charge in [0, 0.05) is 110 Å². The molecule has 15 nitrogen and oxygen atoms in total. The van der Waals surface area contributed by atoms with E-state index in [1.54, 1.807) is 0 Å². The number of carboxylic acid groups (broad SMARTS) is 2. The minimum absolute atomic E-state index is 0.104. The van der Waals surface area contributed by atoms with Crippen molar-refractivity contribution in [3.05, 3.63) is 29.1 Å². The summed E-state index contributed by atoms with van der Waals surface area (Å²) in [6.45, 7) is 10.9. The van der Waals surface area contributed by atoms with E-state index in [2.05, 4.69) is 24.5 Å². The maximum atomic E-state index is 14.0. The van der Waals surface area contributed by atoms with Crippen LogP contribution in [0.3, 0.4) is 0 Å². The molecule has 0 saturated carbocycles. The summed E-state index contributed by atoms with van der Waals surface area (Å²) in [5.74, 6) is 0.318. The molecule has 15 heteroatoms. The fourth-order valence-electron chi connectivity index (χ4n) is 6.00. The Hall–Kier alpha value is -3.34. The zero-order valence-electron chi connectivity index (χ0n) is 24.5. The molecule has 5 N–H and O–H groups in total. The highest BCUT2D eigenvalue weighted by Gasteiger charge is 2.36. The smallest absolute Gasteiger partial charge is 0.450 e. The first-order chi connectivity index (χ1) is 20.7. The third-order valence-corrected chi connectivity index (χ3v) is 8.32. The maximum absolute atomic E-state index is 14.0. The molecule has 4 heterocycles. The average Bonchev–Trinajstić information content (AvgIpc) is 3.00. The van der Waals surface area contributed by atoms with Crippen molar-refractivity contribution in [3.8, 4) is 0 Å². The van der Waals surface area contributed by atoms with Gasteiger partial charge in [0.1, 0.15) is 11.5 Å². The summed E-state index contributed by atoms with van der Waals surface area (Å²) in [7, 11) is 0. The van der Waals surface area contributed by atoms with Gasteiger partial charge in [-0.05, 0) is 0 Å². The number of fused-ring (bicyclic) bond motifs is 1. The number of allylic oxidation sites excluding steroid dienone is 2. The zero-order valence-corrected chi connectivity index (χ0v) is 24.5. The molecule has 0 amide bonds. The normalized spacial score (nSPS) is 20.4. The van der Waals surface area contributed by atoms with Gasteiger partial charge in [0.2, 0.25) is 11.6 Å². The number of aromatic nitrogens is 1. The Bertz CT molecular complexity index is 1150. The quantitative estimate of drug-likeness (QED) is 0.217. The highest BCUT2D eigenvalue weighted by atomic mass is 16.6. The fourth-order valence-corrected chi connectivity index (χ4v) is 6.00. The molecule has 4 aliphatic rings. The summed E-state index contributed by atoms with van der Waals surface area (Å²) in [6.07, 6.45) is -0.370. The van der Waals surface area contributed by atoms with Gasteiger partial charge >= 0.3 is 6.16 Å². The van der Waals surface area contributed by atoms with Crippen LogP contribution in [0.1, 0.15) is 20.8 Å². The van der Waals surface area contributed by atoms with Crippen LogP contribution < -0.4 is 9.80 Å². The van der Waals surface area contributed by atoms with Crippen LogP contribution in [0.25, 0.3) is 0 Å². The van der Waals surface area contributed by atoms with Gasteiger partial charge in [0.05, 0.1) is 36.8 Å². The maximum Gasteiger partial charge on any atom is 0.503 e. The standard InChI is InChI=1S/C27H41N7O5.CH2O3/c35-16-13-29-1-7-32(8-2-29)21-20-24(34-11-5-31(6-12-34)15-18-37)28-26-23(38)19-22(27(39)25(21)26)33-9-3-30(4-10-33)14-17-36;2-1(3)4/h19-20,35-37H,1-18H2;(H2,2,3,4). The van der Waals surface area contributed by atoms with Crippen LogP contribution in [0.15, 0.2) is 17.8 Å². The lowest BCUT2D eigenvalue weighted by Gasteiger charge is -2.40. The van der Waals surface area contributed by atoms with Gasteiger partial charge < -0.3 is 40.2 Å². The molecule has 1 aliphatic carbocycles. The van der Waals surface area contributed by atoms with Gasteiger partial charge in [-0.2, -0.15) is 0 Å². The zero-order chi connectivity index (χ0) is 30.9. The van der Waals surface area contributed by atoms with Crippen molar-refractivity contribution in [2.24, 2.45) is 0 Å². The van der Waals surface area contributed by atoms with Gasteiger partial charge in [-0.25, -0.2) is 9.78 Å². The van der Waals surface area contributed by atoms with E-state index in [9.17, 15) is 24.9 Å². The van der Waals surface area contributed by atoms with E-state index < -0.39 is 6.16 Å². The van der Waals surface area contributed by atoms with Gasteiger partial charge in [0.25, 0.3) is 0 Å². The number of ketones is 2. The number of Topliss-reactive ketones (excluding diaryl/α,β-unsaturated/α-hetero) is 1. The van der Waals surface area contributed by atoms with Crippen LogP contribution in [0.2, 0.25) is 0 Å². The van der Waals surface area contributed by atoms with Crippen LogP contribution in [-0.2, 0) is 0 Å². The summed E-state index contributed by atoms with van der Waals surface area (Å²) in [5, 5.41) is 41.9. The largest absolute Gasteiger partial charge is 0.503 e. The van der Waals surface area contributed by atoms with Crippen molar-refractivity contribution < 1.29 is 39.9 Å². The number of hydrogen-bond acceptors (Lipinski definition) is 13. The number of rotatable bonds is 9. The number of nitrogens with zero attached hydrogens (tertiary/aromatic N) is 7. The Morgan fingerprint density at radius 1 is 0.674 bits per heavy atom. The monoisotopic (exact) mass is 605 g/mol. The molecule has 0 atom stereocenters. The molecule has 0 spiro atoms. The van der Waals surface area contributed by atoms with Crippen LogP contribution in [0.4, 0.5) is 16.3 Å². The molecule has 3 fully saturated rings. The SMILES string of the molecule is O=C(O)O.O=C1C=C(N2CCN(CCO)CC2)C(=O)c2c(N3CCN(CCO)CC3)cc(N3CCN(CCO)CC3)nc21. The molecule has 3 aliphatic heterocycles. The number of β-amino-alcohol motifs (C(OH)–C–C–N with tert-alkyl or cyclic N) is 3. The summed E-state index contributed by atoms with van der Waals surface area (Å²) >= 11 is 0. The Labute approximate surface area is 250 Å². The third-order valence-electron chi connectivity index (χ3n) is 8.32. The molecule has 0 unspecified atom stereocenters. The predicted molar refractivity (Wildman–Crippen MR) is 158 cm³/mol. The van der Waals surface area contributed by atoms with Gasteiger partial charge in [0.15, 0.2) is 0 Å². The molecule has 5 rings (SSSR count). The highest BCUT2D eigenvalue weighted by molar-refractivity contribution is 6.26. The summed E-state index contributed by atoms with van der Waals surface area (Å²) < 4.78 is 0. The number of carbonyl (C=O) groups excluding carboxylic acids is 2. The molecule has 238 valence electrons. The number of anilines is 2. The van der Waals surface area contributed by atoms with Crippen molar-refractivity contribution in [1.29, 1.82) is 0 Å². The van der Waals surface area contributed by atoms with E-state index in [0.717, 1.165) is 58.0 Å². The molecule has 0 aromatic carbocycles. The van der Waals surface area contributed by atoms with Crippen molar-refractivity contribution in [1.82, 2.24) is 24.6 Å². The number of piperazine rings is 3. The first-order valence-corrected chi connectivity index (χ1v) is 14.8. The van der Waals surface area contributed by atoms with Crippen LogP contribution >= 0.6 is 0 Å². The number of aliphatic hydroxyl groups is 3. The Balaban J connectivity index is 0.000000996. The summed E-state index contributed by atoms with van der Waals surface area (Å²) in [5.41, 5.74) is 1.82. The third kappa shape index (κ3) is 8.19. The average molecular weight is 606 g/mol. The lowest BCUT2D eigenvalue weighted by atomic mass is 9.93. The lowest BCUT2D eigenvalue weighted by molar-refractivity contribution is 0.0897. The Morgan fingerprint density at radius 2 is 1.09 bits per heavy atom. The molecule has 43 heavy (non-hydrogen) atoms. The second-order valence-electron chi connectivity index (χ2n) is 10.9. The summed E-state index contributed by atoms with van der Waals surface area (Å²) in [6, 6.07) is 1.98. The minimum Gasteiger partial charge on any atom is -0.450 e. The number of hydrogen-bond donors (Lipinski definition) is 5. The predicted octanol–water partition coefficient (Wildman–Crippen LogP) is -1.59. The van der Waals surface area contributed by atoms with Gasteiger partial charge in [-0.1, -0.05) is 0 Å². The number of pyridine rings is 1. The molecule has 3 saturated heterocycles. The van der Waals surface area contributed by atoms with E-state index in [1.807, 2.05) is 11.0 Å². The van der Waals surface area contributed by atoms with Gasteiger partial charge in [-0.3, -0.25) is 24.3 Å². The first-order valence-electron chi connectivity index (χ1n) is 14.8. The van der Waals surface area contributed by atoms with Crippen molar-refractivity contribution >= 4 is 29.2 Å². The topological polar surface area (TPSA) is 185 Å². The van der Waals surface area contributed by atoms with E-state index in [0.29, 0.717) is 62.9 Å². The number of aliphatic hydroxyl groups excluding tert-OH is 3. The Morgan fingerprint density at radius 3 is 1.53 bits per heavy atom. The molecular formula is C28H43N7O8. The lowest BCUT2D eigenvalue weighted by Crippen LogP contribution is -2.50. The van der Waals surface area contributed by atoms with Crippen molar-refractivity contribution in [3.63, 3.8) is 0 Å². The van der Waals surface area contributed by atoms with E-state index in [-0.39, 0.29) is 37.1 Å². The van der Waals surface area contributed by atoms with E-state index in [1.165, 1.54) is 6.08 Å². The molecule has 0 bridgehead atoms. The Kier molecular flexibility index (Phi) is 11.7. The number of carbonyl (C=O) groups is 3. The highest BCUT2D eigenvalue weighted by Crippen LogP contribution is 2.35.